The van der Waals surface area contributed by atoms with E-state index in [9.17, 15) is 0 Å². The number of hydrogen-bond donors (Lipinski definition) is 0. The Bertz CT molecular complexity index is 852. The SMILES string of the molecule is Cc1ccc(C)c(OCc2nnc(SCCOc3ccc(Cl)cc3)o2)c1. The van der Waals surface area contributed by atoms with Crippen LogP contribution in [-0.2, 0) is 6.61 Å². The first kappa shape index (κ1) is 18.6. The van der Waals surface area contributed by atoms with Crippen LogP contribution in [0.5, 0.6) is 11.5 Å². The Hall–Kier alpha value is -2.18. The molecule has 26 heavy (non-hydrogen) atoms. The lowest BCUT2D eigenvalue weighted by molar-refractivity contribution is 0.250. The average Bonchev–Trinajstić information content (AvgIpc) is 3.09. The fourth-order valence-electron chi connectivity index (χ4n) is 2.18. The summed E-state index contributed by atoms with van der Waals surface area (Å²) >= 11 is 7.28. The van der Waals surface area contributed by atoms with Gasteiger partial charge in [0.05, 0.1) is 6.61 Å². The number of nitrogens with zero attached hydrogens (tertiary/aromatic N) is 2. The summed E-state index contributed by atoms with van der Waals surface area (Å²) in [5, 5.41) is 9.22. The smallest absolute Gasteiger partial charge is 0.276 e. The molecule has 0 N–H and O–H groups in total. The number of benzene rings is 2. The van der Waals surface area contributed by atoms with Crippen molar-refractivity contribution in [2.24, 2.45) is 0 Å². The summed E-state index contributed by atoms with van der Waals surface area (Å²) in [7, 11) is 0. The molecule has 5 nitrogen and oxygen atoms in total. The minimum absolute atomic E-state index is 0.249. The maximum absolute atomic E-state index is 5.84. The number of rotatable bonds is 8. The molecule has 3 aromatic rings. The molecule has 1 aromatic heterocycles. The summed E-state index contributed by atoms with van der Waals surface area (Å²) in [6, 6.07) is 13.3. The first-order chi connectivity index (χ1) is 12.6. The molecule has 0 radical (unpaired) electrons. The summed E-state index contributed by atoms with van der Waals surface area (Å²) < 4.78 is 17.0. The Morgan fingerprint density at radius 2 is 1.85 bits per heavy atom. The van der Waals surface area contributed by atoms with Crippen molar-refractivity contribution in [3.63, 3.8) is 0 Å². The monoisotopic (exact) mass is 390 g/mol. The van der Waals surface area contributed by atoms with Crippen molar-refractivity contribution in [3.8, 4) is 11.5 Å². The van der Waals surface area contributed by atoms with E-state index in [1.54, 1.807) is 12.1 Å². The summed E-state index contributed by atoms with van der Waals surface area (Å²) in [4.78, 5) is 0. The van der Waals surface area contributed by atoms with Crippen molar-refractivity contribution < 1.29 is 13.9 Å². The Kier molecular flexibility index (Phi) is 6.41. The Balaban J connectivity index is 1.43. The predicted octanol–water partition coefficient (Wildman–Crippen LogP) is 5.09. The molecule has 0 saturated carbocycles. The number of aryl methyl sites for hydroxylation is 2. The van der Waals surface area contributed by atoms with Crippen molar-refractivity contribution in [2.75, 3.05) is 12.4 Å². The van der Waals surface area contributed by atoms with Gasteiger partial charge in [-0.05, 0) is 55.3 Å². The third kappa shape index (κ3) is 5.41. The lowest BCUT2D eigenvalue weighted by atomic mass is 10.1. The van der Waals surface area contributed by atoms with E-state index in [1.807, 2.05) is 38.1 Å². The molecule has 0 atom stereocenters. The molecule has 0 aliphatic carbocycles. The highest BCUT2D eigenvalue weighted by molar-refractivity contribution is 7.99. The molecule has 0 amide bonds. The van der Waals surface area contributed by atoms with Crippen molar-refractivity contribution in [3.05, 3.63) is 64.5 Å². The van der Waals surface area contributed by atoms with Gasteiger partial charge in [-0.25, -0.2) is 0 Å². The van der Waals surface area contributed by atoms with Gasteiger partial charge in [0, 0.05) is 10.8 Å². The minimum Gasteiger partial charge on any atom is -0.493 e. The lowest BCUT2D eigenvalue weighted by Gasteiger charge is -2.07. The highest BCUT2D eigenvalue weighted by atomic mass is 35.5. The van der Waals surface area contributed by atoms with Crippen molar-refractivity contribution >= 4 is 23.4 Å². The Morgan fingerprint density at radius 1 is 1.04 bits per heavy atom. The van der Waals surface area contributed by atoms with Gasteiger partial charge in [-0.15, -0.1) is 10.2 Å². The standard InChI is InChI=1S/C19H19ClN2O3S/c1-13-3-4-14(2)17(11-13)24-12-18-21-22-19(25-18)26-10-9-23-16-7-5-15(20)6-8-16/h3-8,11H,9-10,12H2,1-2H3. The van der Waals surface area contributed by atoms with Crippen molar-refractivity contribution in [2.45, 2.75) is 25.7 Å². The van der Waals surface area contributed by atoms with Crippen LogP contribution >= 0.6 is 23.4 Å². The van der Waals surface area contributed by atoms with E-state index < -0.39 is 0 Å². The van der Waals surface area contributed by atoms with Gasteiger partial charge in [-0.1, -0.05) is 35.5 Å². The quantitative estimate of drug-likeness (QED) is 0.394. The van der Waals surface area contributed by atoms with Gasteiger partial charge in [0.1, 0.15) is 11.5 Å². The highest BCUT2D eigenvalue weighted by Gasteiger charge is 2.09. The van der Waals surface area contributed by atoms with Crippen LogP contribution in [0.2, 0.25) is 5.02 Å². The second-order valence-corrected chi connectivity index (χ2v) is 7.15. The maximum Gasteiger partial charge on any atom is 0.276 e. The van der Waals surface area contributed by atoms with Gasteiger partial charge in [0.2, 0.25) is 0 Å². The second-order valence-electron chi connectivity index (χ2n) is 5.67. The van der Waals surface area contributed by atoms with Gasteiger partial charge in [0.25, 0.3) is 11.1 Å². The second kappa shape index (κ2) is 8.96. The third-order valence-electron chi connectivity index (χ3n) is 3.53. The lowest BCUT2D eigenvalue weighted by Crippen LogP contribution is -1.99. The zero-order valence-corrected chi connectivity index (χ0v) is 16.1. The molecular weight excluding hydrogens is 372 g/mol. The molecule has 136 valence electrons. The van der Waals surface area contributed by atoms with Crippen molar-refractivity contribution in [1.29, 1.82) is 0 Å². The largest absolute Gasteiger partial charge is 0.493 e. The maximum atomic E-state index is 5.84. The van der Waals surface area contributed by atoms with Crippen LogP contribution in [0.3, 0.4) is 0 Å². The van der Waals surface area contributed by atoms with Crippen LogP contribution in [0.4, 0.5) is 0 Å². The fraction of sp³-hybridized carbons (Fsp3) is 0.263. The molecule has 0 aliphatic rings. The van der Waals surface area contributed by atoms with E-state index in [-0.39, 0.29) is 6.61 Å². The molecule has 0 bridgehead atoms. The molecule has 3 rings (SSSR count). The van der Waals surface area contributed by atoms with E-state index in [4.69, 9.17) is 25.5 Å². The topological polar surface area (TPSA) is 57.4 Å². The van der Waals surface area contributed by atoms with E-state index in [1.165, 1.54) is 11.8 Å². The Morgan fingerprint density at radius 3 is 2.65 bits per heavy atom. The molecule has 0 aliphatic heterocycles. The van der Waals surface area contributed by atoms with E-state index >= 15 is 0 Å². The number of hydrogen-bond acceptors (Lipinski definition) is 6. The first-order valence-corrected chi connectivity index (χ1v) is 9.50. The summed E-state index contributed by atoms with van der Waals surface area (Å²) in [6.07, 6.45) is 0. The predicted molar refractivity (Wildman–Crippen MR) is 102 cm³/mol. The minimum atomic E-state index is 0.249. The molecule has 1 heterocycles. The molecule has 0 saturated heterocycles. The molecule has 0 spiro atoms. The number of aromatic nitrogens is 2. The van der Waals surface area contributed by atoms with Gasteiger partial charge < -0.3 is 13.9 Å². The van der Waals surface area contributed by atoms with E-state index in [2.05, 4.69) is 16.3 Å². The van der Waals surface area contributed by atoms with Crippen LogP contribution in [0.1, 0.15) is 17.0 Å². The molecule has 7 heteroatoms. The molecule has 0 fully saturated rings. The number of ether oxygens (including phenoxy) is 2. The van der Waals surface area contributed by atoms with Gasteiger partial charge in [0.15, 0.2) is 6.61 Å². The Labute approximate surface area is 161 Å². The average molecular weight is 391 g/mol. The zero-order chi connectivity index (χ0) is 18.4. The zero-order valence-electron chi connectivity index (χ0n) is 14.6. The number of halogens is 1. The van der Waals surface area contributed by atoms with Crippen LogP contribution in [-0.4, -0.2) is 22.6 Å². The van der Waals surface area contributed by atoms with Gasteiger partial charge in [-0.3, -0.25) is 0 Å². The molecule has 2 aromatic carbocycles. The van der Waals surface area contributed by atoms with Gasteiger partial charge in [-0.2, -0.15) is 0 Å². The van der Waals surface area contributed by atoms with Crippen LogP contribution in [0.25, 0.3) is 0 Å². The summed E-state index contributed by atoms with van der Waals surface area (Å²) in [6.45, 7) is 4.81. The van der Waals surface area contributed by atoms with E-state index in [0.29, 0.717) is 28.5 Å². The first-order valence-electron chi connectivity index (χ1n) is 8.14. The number of thioether (sulfide) groups is 1. The third-order valence-corrected chi connectivity index (χ3v) is 4.57. The van der Waals surface area contributed by atoms with Crippen molar-refractivity contribution in [1.82, 2.24) is 10.2 Å². The fourth-order valence-corrected chi connectivity index (χ4v) is 2.90. The summed E-state index contributed by atoms with van der Waals surface area (Å²) in [5.74, 6) is 2.76. The van der Waals surface area contributed by atoms with E-state index in [0.717, 1.165) is 22.6 Å². The van der Waals surface area contributed by atoms with Gasteiger partial charge >= 0.3 is 0 Å². The van der Waals surface area contributed by atoms with Crippen LogP contribution in [0.15, 0.2) is 52.1 Å². The molecular formula is C19H19ClN2O3S. The molecule has 0 unspecified atom stereocenters. The van der Waals surface area contributed by atoms with Crippen LogP contribution < -0.4 is 9.47 Å². The normalized spacial score (nSPS) is 10.7. The summed E-state index contributed by atoms with van der Waals surface area (Å²) in [5.41, 5.74) is 2.22. The van der Waals surface area contributed by atoms with Crippen LogP contribution in [0, 0.1) is 13.8 Å². The highest BCUT2D eigenvalue weighted by Crippen LogP contribution is 2.22.